The van der Waals surface area contributed by atoms with Crippen molar-refractivity contribution in [2.24, 2.45) is 35.0 Å². The van der Waals surface area contributed by atoms with Gasteiger partial charge in [0, 0.05) is 25.0 Å². The van der Waals surface area contributed by atoms with E-state index < -0.39 is 0 Å². The number of aliphatic hydroxyl groups is 1. The molecular formula is C35H49NO2. The highest BCUT2D eigenvalue weighted by molar-refractivity contribution is 5.33. The number of nitrogens with zero attached hydrogens (tertiary/aromatic N) is 1. The lowest BCUT2D eigenvalue weighted by atomic mass is 9.56. The number of rotatable bonds is 2. The van der Waals surface area contributed by atoms with E-state index in [0.717, 1.165) is 37.1 Å². The number of fused-ring (bicyclic) bond motifs is 6. The first-order valence-corrected chi connectivity index (χ1v) is 15.8. The van der Waals surface area contributed by atoms with Crippen LogP contribution in [-0.2, 0) is 11.3 Å². The first kappa shape index (κ1) is 25.5. The summed E-state index contributed by atoms with van der Waals surface area (Å²) in [7, 11) is 0. The second-order valence-corrected chi connectivity index (χ2v) is 14.6. The molecule has 1 aromatic carbocycles. The van der Waals surface area contributed by atoms with Crippen LogP contribution in [0.5, 0.6) is 0 Å². The number of benzene rings is 1. The summed E-state index contributed by atoms with van der Waals surface area (Å²) in [4.78, 5) is 2.78. The summed E-state index contributed by atoms with van der Waals surface area (Å²) in [6, 6.07) is 11.6. The molecule has 2 saturated carbocycles. The molecule has 0 amide bonds. The highest BCUT2D eigenvalue weighted by atomic mass is 16.5. The van der Waals surface area contributed by atoms with Gasteiger partial charge < -0.3 is 9.84 Å². The van der Waals surface area contributed by atoms with Crippen LogP contribution in [0.4, 0.5) is 0 Å². The number of piperidine rings is 1. The van der Waals surface area contributed by atoms with Crippen LogP contribution < -0.4 is 0 Å². The number of ether oxygens (including phenoxy) is 1. The largest absolute Gasteiger partial charge is 0.389 e. The van der Waals surface area contributed by atoms with Crippen molar-refractivity contribution in [1.82, 2.24) is 4.90 Å². The molecule has 2 aliphatic heterocycles. The molecular weight excluding hydrogens is 466 g/mol. The second-order valence-electron chi connectivity index (χ2n) is 14.6. The minimum Gasteiger partial charge on any atom is -0.389 e. The van der Waals surface area contributed by atoms with E-state index in [4.69, 9.17) is 4.74 Å². The van der Waals surface area contributed by atoms with E-state index >= 15 is 0 Å². The number of likely N-dealkylation sites (tertiary alicyclic amines) is 1. The molecule has 4 fully saturated rings. The third-order valence-electron chi connectivity index (χ3n) is 12.5. The van der Waals surface area contributed by atoms with Crippen LogP contribution in [0.2, 0.25) is 0 Å². The van der Waals surface area contributed by atoms with E-state index in [1.54, 1.807) is 11.1 Å². The summed E-state index contributed by atoms with van der Waals surface area (Å²) in [6.45, 7) is 12.2. The Bertz CT molecular complexity index is 1120. The number of hydrogen-bond donors (Lipinski definition) is 1. The molecule has 1 unspecified atom stereocenters. The molecule has 0 bridgehead atoms. The van der Waals surface area contributed by atoms with Gasteiger partial charge in [0.1, 0.15) is 0 Å². The summed E-state index contributed by atoms with van der Waals surface area (Å²) in [5.74, 6) is 3.59. The monoisotopic (exact) mass is 515 g/mol. The fraction of sp³-hybridized carbons (Fsp3) is 0.714. The van der Waals surface area contributed by atoms with E-state index in [9.17, 15) is 5.11 Å². The Kier molecular flexibility index (Phi) is 6.26. The SMILES string of the molecule is CC1=C2C[C@H]3[C@@H](CCC4=CC(O)CC[C@@]43C)[C@@H]2CC[C@@]2(C1)O[C@@H]1C[C@H](C)CN(Cc3ccccc3)[C@H]1[C@H]2C. The predicted octanol–water partition coefficient (Wildman–Crippen LogP) is 7.30. The van der Waals surface area contributed by atoms with Gasteiger partial charge in [0.2, 0.25) is 0 Å². The van der Waals surface area contributed by atoms with Crippen LogP contribution in [-0.4, -0.2) is 40.4 Å². The zero-order chi connectivity index (χ0) is 26.2. The number of hydrogen-bond acceptors (Lipinski definition) is 3. The highest BCUT2D eigenvalue weighted by Gasteiger charge is 2.59. The van der Waals surface area contributed by atoms with E-state index in [0.29, 0.717) is 29.4 Å². The van der Waals surface area contributed by atoms with Crippen LogP contribution in [0, 0.1) is 35.0 Å². The Morgan fingerprint density at radius 1 is 1.08 bits per heavy atom. The Hall–Kier alpha value is -1.42. The molecule has 1 N–H and O–H groups in total. The zero-order valence-corrected chi connectivity index (χ0v) is 24.2. The summed E-state index contributed by atoms with van der Waals surface area (Å²) in [5, 5.41) is 10.3. The van der Waals surface area contributed by atoms with Crippen LogP contribution in [0.15, 0.2) is 53.1 Å². The normalized spacial score (nSPS) is 46.7. The standard InChI is InChI=1S/C35H49NO2/c1-22-16-32-33(36(20-22)21-25-8-6-5-7-9-25)24(3)35(38-32)15-13-28-29-11-10-26-17-27(37)12-14-34(26,4)31(29)18-30(28)23(2)19-35/h5-9,17,22,24,27-29,31-33,37H,10-16,18-21H2,1-4H3/t22-,24+,27?,28-,29-,31-,32+,33-,34-,35-/m0/s1. The van der Waals surface area contributed by atoms with Gasteiger partial charge in [-0.25, -0.2) is 0 Å². The Balaban J connectivity index is 1.16. The molecule has 206 valence electrons. The van der Waals surface area contributed by atoms with Crippen molar-refractivity contribution in [3.8, 4) is 0 Å². The van der Waals surface area contributed by atoms with Crippen molar-refractivity contribution >= 4 is 0 Å². The first-order valence-electron chi connectivity index (χ1n) is 15.8. The minimum atomic E-state index is -0.212. The maximum absolute atomic E-state index is 10.3. The molecule has 1 aromatic rings. The zero-order valence-electron chi connectivity index (χ0n) is 24.2. The average Bonchev–Trinajstić information content (AvgIpc) is 3.35. The molecule has 6 aliphatic rings. The van der Waals surface area contributed by atoms with Crippen molar-refractivity contribution in [1.29, 1.82) is 0 Å². The van der Waals surface area contributed by atoms with Crippen molar-refractivity contribution in [2.75, 3.05) is 6.54 Å². The first-order chi connectivity index (χ1) is 18.3. The Labute approximate surface area is 230 Å². The quantitative estimate of drug-likeness (QED) is 0.419. The van der Waals surface area contributed by atoms with Crippen LogP contribution in [0.1, 0.15) is 91.0 Å². The Morgan fingerprint density at radius 2 is 1.89 bits per heavy atom. The summed E-state index contributed by atoms with van der Waals surface area (Å²) in [6.07, 6.45) is 13.2. The molecule has 38 heavy (non-hydrogen) atoms. The molecule has 2 saturated heterocycles. The summed E-state index contributed by atoms with van der Waals surface area (Å²) < 4.78 is 7.30. The second kappa shape index (κ2) is 9.32. The average molecular weight is 516 g/mol. The van der Waals surface area contributed by atoms with Crippen molar-refractivity contribution < 1.29 is 9.84 Å². The molecule has 1 spiro atoms. The predicted molar refractivity (Wildman–Crippen MR) is 153 cm³/mol. The van der Waals surface area contributed by atoms with Gasteiger partial charge in [-0.1, -0.05) is 73.9 Å². The number of allylic oxidation sites excluding steroid dienone is 2. The third-order valence-corrected chi connectivity index (χ3v) is 12.5. The minimum absolute atomic E-state index is 0.00380. The van der Waals surface area contributed by atoms with Gasteiger partial charge in [0.05, 0.1) is 17.8 Å². The van der Waals surface area contributed by atoms with Gasteiger partial charge in [0.25, 0.3) is 0 Å². The van der Waals surface area contributed by atoms with Gasteiger partial charge in [-0.3, -0.25) is 4.90 Å². The third kappa shape index (κ3) is 3.93. The topological polar surface area (TPSA) is 32.7 Å². The van der Waals surface area contributed by atoms with E-state index in [-0.39, 0.29) is 11.7 Å². The van der Waals surface area contributed by atoms with Gasteiger partial charge in [-0.2, -0.15) is 0 Å². The molecule has 4 aliphatic carbocycles. The highest BCUT2D eigenvalue weighted by Crippen LogP contribution is 2.64. The smallest absolute Gasteiger partial charge is 0.0765 e. The van der Waals surface area contributed by atoms with Gasteiger partial charge in [-0.05, 0) is 99.4 Å². The van der Waals surface area contributed by atoms with E-state index in [2.05, 4.69) is 69.0 Å². The maximum atomic E-state index is 10.3. The Morgan fingerprint density at radius 3 is 2.71 bits per heavy atom. The fourth-order valence-corrected chi connectivity index (χ4v) is 10.7. The molecule has 2 heterocycles. The lowest BCUT2D eigenvalue weighted by Gasteiger charge is -2.49. The fourth-order valence-electron chi connectivity index (χ4n) is 10.7. The molecule has 0 radical (unpaired) electrons. The van der Waals surface area contributed by atoms with Crippen molar-refractivity contribution in [3.63, 3.8) is 0 Å². The lowest BCUT2D eigenvalue weighted by molar-refractivity contribution is -0.0799. The van der Waals surface area contributed by atoms with Gasteiger partial charge in [0.15, 0.2) is 0 Å². The summed E-state index contributed by atoms with van der Waals surface area (Å²) >= 11 is 0. The molecule has 0 aromatic heterocycles. The van der Waals surface area contributed by atoms with Crippen molar-refractivity contribution in [2.45, 2.75) is 116 Å². The maximum Gasteiger partial charge on any atom is 0.0765 e. The van der Waals surface area contributed by atoms with Gasteiger partial charge in [-0.15, -0.1) is 0 Å². The molecule has 7 rings (SSSR count). The summed E-state index contributed by atoms with van der Waals surface area (Å²) in [5.41, 5.74) is 6.80. The van der Waals surface area contributed by atoms with Crippen LogP contribution in [0.25, 0.3) is 0 Å². The number of aliphatic hydroxyl groups excluding tert-OH is 1. The van der Waals surface area contributed by atoms with Crippen LogP contribution in [0.3, 0.4) is 0 Å². The van der Waals surface area contributed by atoms with E-state index in [1.165, 1.54) is 57.1 Å². The molecule has 3 nitrogen and oxygen atoms in total. The van der Waals surface area contributed by atoms with Gasteiger partial charge >= 0.3 is 0 Å². The van der Waals surface area contributed by atoms with E-state index in [1.807, 2.05) is 5.57 Å². The van der Waals surface area contributed by atoms with Crippen LogP contribution >= 0.6 is 0 Å². The van der Waals surface area contributed by atoms with Crippen molar-refractivity contribution in [3.05, 3.63) is 58.7 Å². The lowest BCUT2D eigenvalue weighted by Crippen LogP contribution is -2.51. The molecule has 3 heteroatoms. The molecule has 10 atom stereocenters.